The highest BCUT2D eigenvalue weighted by molar-refractivity contribution is 5.80. The van der Waals surface area contributed by atoms with Gasteiger partial charge in [-0.05, 0) is 48.9 Å². The molecule has 2 unspecified atom stereocenters. The molecule has 1 amide bonds. The smallest absolute Gasteiger partial charge is 0.306 e. The fourth-order valence-electron chi connectivity index (χ4n) is 3.61. The van der Waals surface area contributed by atoms with Crippen molar-refractivity contribution < 1.29 is 19.1 Å². The SMILES string of the molecule is O=C(O)C1CCCC(C(=O)N2CCc3cc(F)ccc3C2)C1. The Balaban J connectivity index is 1.68. The average Bonchev–Trinajstić information content (AvgIpc) is 2.53. The quantitative estimate of drug-likeness (QED) is 0.913. The molecule has 22 heavy (non-hydrogen) atoms. The first-order chi connectivity index (χ1) is 10.5. The van der Waals surface area contributed by atoms with E-state index in [4.69, 9.17) is 5.11 Å². The molecule has 0 aromatic heterocycles. The molecule has 3 rings (SSSR count). The Hall–Kier alpha value is -1.91. The van der Waals surface area contributed by atoms with Gasteiger partial charge in [0.1, 0.15) is 5.82 Å². The predicted octanol–water partition coefficient (Wildman–Crippen LogP) is 2.60. The molecule has 2 aliphatic rings. The number of hydrogen-bond acceptors (Lipinski definition) is 2. The lowest BCUT2D eigenvalue weighted by molar-refractivity contribution is -0.145. The summed E-state index contributed by atoms with van der Waals surface area (Å²) in [5, 5.41) is 9.14. The zero-order valence-corrected chi connectivity index (χ0v) is 12.4. The van der Waals surface area contributed by atoms with Crippen LogP contribution in [0.3, 0.4) is 0 Å². The molecule has 1 aliphatic heterocycles. The molecule has 0 radical (unpaired) electrons. The maximum Gasteiger partial charge on any atom is 0.306 e. The van der Waals surface area contributed by atoms with Crippen LogP contribution in [-0.2, 0) is 22.6 Å². The van der Waals surface area contributed by atoms with Crippen molar-refractivity contribution in [2.75, 3.05) is 6.54 Å². The molecule has 1 aromatic rings. The second-order valence-corrected chi connectivity index (χ2v) is 6.32. The normalized spacial score (nSPS) is 24.7. The second-order valence-electron chi connectivity index (χ2n) is 6.32. The lowest BCUT2D eigenvalue weighted by Gasteiger charge is -2.34. The number of carbonyl (C=O) groups is 2. The van der Waals surface area contributed by atoms with Gasteiger partial charge in [-0.25, -0.2) is 4.39 Å². The second kappa shape index (κ2) is 6.07. The molecule has 0 spiro atoms. The third kappa shape index (κ3) is 2.98. The number of hydrogen-bond donors (Lipinski definition) is 1. The van der Waals surface area contributed by atoms with Crippen molar-refractivity contribution in [3.63, 3.8) is 0 Å². The fraction of sp³-hybridized carbons (Fsp3) is 0.529. The van der Waals surface area contributed by atoms with Crippen LogP contribution in [0.4, 0.5) is 4.39 Å². The average molecular weight is 305 g/mol. The summed E-state index contributed by atoms with van der Waals surface area (Å²) in [5.41, 5.74) is 1.96. The van der Waals surface area contributed by atoms with Gasteiger partial charge in [0.15, 0.2) is 0 Å². The van der Waals surface area contributed by atoms with E-state index in [-0.39, 0.29) is 17.6 Å². The summed E-state index contributed by atoms with van der Waals surface area (Å²) in [4.78, 5) is 25.6. The highest BCUT2D eigenvalue weighted by Crippen LogP contribution is 2.32. The molecule has 1 saturated carbocycles. The zero-order valence-electron chi connectivity index (χ0n) is 12.4. The van der Waals surface area contributed by atoms with Crippen LogP contribution in [0.25, 0.3) is 0 Å². The van der Waals surface area contributed by atoms with Gasteiger partial charge in [0.2, 0.25) is 5.91 Å². The Kier molecular flexibility index (Phi) is 4.14. The molecule has 5 heteroatoms. The van der Waals surface area contributed by atoms with Crippen LogP contribution < -0.4 is 0 Å². The molecule has 118 valence electrons. The zero-order chi connectivity index (χ0) is 15.7. The maximum atomic E-state index is 13.2. The van der Waals surface area contributed by atoms with Crippen LogP contribution in [0.1, 0.15) is 36.8 Å². The largest absolute Gasteiger partial charge is 0.481 e. The Morgan fingerprint density at radius 2 is 1.95 bits per heavy atom. The van der Waals surface area contributed by atoms with Crippen molar-refractivity contribution in [2.24, 2.45) is 11.8 Å². The Labute approximate surface area is 128 Å². The van der Waals surface area contributed by atoms with E-state index in [1.807, 2.05) is 0 Å². The van der Waals surface area contributed by atoms with E-state index in [2.05, 4.69) is 0 Å². The van der Waals surface area contributed by atoms with E-state index in [1.54, 1.807) is 11.0 Å². The minimum absolute atomic E-state index is 0.0564. The molecule has 1 aliphatic carbocycles. The topological polar surface area (TPSA) is 57.6 Å². The van der Waals surface area contributed by atoms with Crippen molar-refractivity contribution in [3.05, 3.63) is 35.1 Å². The number of carbonyl (C=O) groups excluding carboxylic acids is 1. The van der Waals surface area contributed by atoms with Crippen molar-refractivity contribution in [2.45, 2.75) is 38.6 Å². The Morgan fingerprint density at radius 3 is 2.73 bits per heavy atom. The maximum absolute atomic E-state index is 13.2. The van der Waals surface area contributed by atoms with Gasteiger partial charge in [0, 0.05) is 19.0 Å². The van der Waals surface area contributed by atoms with Gasteiger partial charge in [-0.3, -0.25) is 9.59 Å². The van der Waals surface area contributed by atoms with Crippen LogP contribution >= 0.6 is 0 Å². The lowest BCUT2D eigenvalue weighted by Crippen LogP contribution is -2.41. The summed E-state index contributed by atoms with van der Waals surface area (Å²) in [6, 6.07) is 4.71. The first-order valence-corrected chi connectivity index (χ1v) is 7.83. The van der Waals surface area contributed by atoms with E-state index in [1.165, 1.54) is 12.1 Å². The van der Waals surface area contributed by atoms with Gasteiger partial charge >= 0.3 is 5.97 Å². The number of nitrogens with zero attached hydrogens (tertiary/aromatic N) is 1. The molecule has 0 bridgehead atoms. The number of benzene rings is 1. The number of fused-ring (bicyclic) bond motifs is 1. The Bertz CT molecular complexity index is 602. The molecule has 1 heterocycles. The van der Waals surface area contributed by atoms with E-state index >= 15 is 0 Å². The summed E-state index contributed by atoms with van der Waals surface area (Å²) in [7, 11) is 0. The number of aliphatic carboxylic acids is 1. The summed E-state index contributed by atoms with van der Waals surface area (Å²) < 4.78 is 13.2. The van der Waals surface area contributed by atoms with Crippen LogP contribution in [0.2, 0.25) is 0 Å². The van der Waals surface area contributed by atoms with Crippen molar-refractivity contribution in [1.82, 2.24) is 4.90 Å². The van der Waals surface area contributed by atoms with E-state index < -0.39 is 11.9 Å². The molecular formula is C17H20FNO3. The van der Waals surface area contributed by atoms with Crippen molar-refractivity contribution >= 4 is 11.9 Å². The Morgan fingerprint density at radius 1 is 1.18 bits per heavy atom. The van der Waals surface area contributed by atoms with E-state index in [0.29, 0.717) is 32.4 Å². The molecule has 0 saturated heterocycles. The molecule has 2 atom stereocenters. The van der Waals surface area contributed by atoms with Crippen LogP contribution in [0, 0.1) is 17.7 Å². The van der Waals surface area contributed by atoms with Crippen LogP contribution in [0.15, 0.2) is 18.2 Å². The van der Waals surface area contributed by atoms with Gasteiger partial charge in [-0.2, -0.15) is 0 Å². The summed E-state index contributed by atoms with van der Waals surface area (Å²) in [6.07, 6.45) is 3.34. The minimum Gasteiger partial charge on any atom is -0.481 e. The molecule has 1 aromatic carbocycles. The number of halogens is 1. The highest BCUT2D eigenvalue weighted by Gasteiger charge is 2.34. The number of carboxylic acid groups (broad SMARTS) is 1. The van der Waals surface area contributed by atoms with Gasteiger partial charge < -0.3 is 10.0 Å². The van der Waals surface area contributed by atoms with Crippen molar-refractivity contribution in [3.8, 4) is 0 Å². The van der Waals surface area contributed by atoms with Gasteiger partial charge in [0.25, 0.3) is 0 Å². The van der Waals surface area contributed by atoms with E-state index in [9.17, 15) is 14.0 Å². The monoisotopic (exact) mass is 305 g/mol. The highest BCUT2D eigenvalue weighted by atomic mass is 19.1. The van der Waals surface area contributed by atoms with Gasteiger partial charge in [-0.15, -0.1) is 0 Å². The lowest BCUT2D eigenvalue weighted by atomic mass is 9.80. The van der Waals surface area contributed by atoms with Gasteiger partial charge in [0.05, 0.1) is 5.92 Å². The third-order valence-electron chi connectivity index (χ3n) is 4.86. The molecular weight excluding hydrogens is 285 g/mol. The summed E-state index contributed by atoms with van der Waals surface area (Å²) in [5.74, 6) is -1.56. The van der Waals surface area contributed by atoms with Crippen LogP contribution in [0.5, 0.6) is 0 Å². The third-order valence-corrected chi connectivity index (χ3v) is 4.86. The standard InChI is InChI=1S/C17H20FNO3/c18-15-5-4-14-10-19(7-6-11(14)9-15)16(20)12-2-1-3-13(8-12)17(21)22/h4-5,9,12-13H,1-3,6-8,10H2,(H,21,22). The summed E-state index contributed by atoms with van der Waals surface area (Å²) >= 11 is 0. The number of amides is 1. The molecule has 4 nitrogen and oxygen atoms in total. The van der Waals surface area contributed by atoms with Crippen molar-refractivity contribution in [1.29, 1.82) is 0 Å². The minimum atomic E-state index is -0.794. The predicted molar refractivity (Wildman–Crippen MR) is 78.6 cm³/mol. The van der Waals surface area contributed by atoms with Crippen LogP contribution in [-0.4, -0.2) is 28.4 Å². The van der Waals surface area contributed by atoms with Gasteiger partial charge in [-0.1, -0.05) is 12.5 Å². The molecule has 1 N–H and O–H groups in total. The van der Waals surface area contributed by atoms with E-state index in [0.717, 1.165) is 24.0 Å². The first-order valence-electron chi connectivity index (χ1n) is 7.83. The first kappa shape index (κ1) is 15.0. The summed E-state index contributed by atoms with van der Waals surface area (Å²) in [6.45, 7) is 1.09. The number of carboxylic acids is 1. The molecule has 1 fully saturated rings. The fourth-order valence-corrected chi connectivity index (χ4v) is 3.61. The number of rotatable bonds is 2.